The number of nitrogen functional groups attached to an aromatic ring is 1. The summed E-state index contributed by atoms with van der Waals surface area (Å²) in [5.41, 5.74) is 8.79. The van der Waals surface area contributed by atoms with Crippen LogP contribution in [0.3, 0.4) is 0 Å². The Morgan fingerprint density at radius 3 is 2.53 bits per heavy atom. The maximum atomic E-state index is 5.95. The summed E-state index contributed by atoms with van der Waals surface area (Å²) >= 11 is 0. The van der Waals surface area contributed by atoms with Gasteiger partial charge in [0.05, 0.1) is 12.8 Å². The summed E-state index contributed by atoms with van der Waals surface area (Å²) in [5.74, 6) is 2.09. The van der Waals surface area contributed by atoms with Gasteiger partial charge in [0.2, 0.25) is 0 Å². The van der Waals surface area contributed by atoms with E-state index < -0.39 is 0 Å². The molecule has 0 aliphatic rings. The van der Waals surface area contributed by atoms with Gasteiger partial charge in [0.25, 0.3) is 0 Å². The van der Waals surface area contributed by atoms with E-state index >= 15 is 0 Å². The molecule has 0 saturated heterocycles. The van der Waals surface area contributed by atoms with Crippen molar-refractivity contribution >= 4 is 5.69 Å². The van der Waals surface area contributed by atoms with Gasteiger partial charge in [0.15, 0.2) is 17.2 Å². The standard InChI is InChI=1S/C16H19NO2/c1-4-12-8-9-14(15(10-12)18-3)19-16-11(2)6-5-7-13(16)17/h5-10H,4,17H2,1-3H3. The highest BCUT2D eigenvalue weighted by molar-refractivity contribution is 5.59. The lowest BCUT2D eigenvalue weighted by molar-refractivity contribution is 0.378. The monoisotopic (exact) mass is 257 g/mol. The van der Waals surface area contributed by atoms with Crippen LogP contribution in [-0.4, -0.2) is 7.11 Å². The number of aryl methyl sites for hydroxylation is 2. The van der Waals surface area contributed by atoms with Crippen LogP contribution < -0.4 is 15.2 Å². The Labute approximate surface area is 114 Å². The van der Waals surface area contributed by atoms with Crippen molar-refractivity contribution < 1.29 is 9.47 Å². The lowest BCUT2D eigenvalue weighted by atomic mass is 10.1. The molecule has 3 nitrogen and oxygen atoms in total. The van der Waals surface area contributed by atoms with Gasteiger partial charge in [-0.3, -0.25) is 0 Å². The van der Waals surface area contributed by atoms with Crippen molar-refractivity contribution in [2.75, 3.05) is 12.8 Å². The van der Waals surface area contributed by atoms with Gasteiger partial charge in [-0.2, -0.15) is 0 Å². The summed E-state index contributed by atoms with van der Waals surface area (Å²) in [6, 6.07) is 11.7. The molecule has 3 heteroatoms. The van der Waals surface area contributed by atoms with Crippen LogP contribution in [0.4, 0.5) is 5.69 Å². The molecule has 2 N–H and O–H groups in total. The van der Waals surface area contributed by atoms with Gasteiger partial charge >= 0.3 is 0 Å². The maximum absolute atomic E-state index is 5.95. The molecule has 2 rings (SSSR count). The molecule has 0 bridgehead atoms. The number of rotatable bonds is 4. The Balaban J connectivity index is 2.38. The molecule has 0 aliphatic carbocycles. The van der Waals surface area contributed by atoms with Crippen molar-refractivity contribution in [1.82, 2.24) is 0 Å². The molecule has 0 saturated carbocycles. The zero-order valence-corrected chi connectivity index (χ0v) is 11.6. The fourth-order valence-electron chi connectivity index (χ4n) is 1.94. The second-order valence-electron chi connectivity index (χ2n) is 4.43. The molecule has 0 spiro atoms. The summed E-state index contributed by atoms with van der Waals surface area (Å²) in [7, 11) is 1.64. The van der Waals surface area contributed by atoms with Crippen LogP contribution in [0.25, 0.3) is 0 Å². The first kappa shape index (κ1) is 13.3. The van der Waals surface area contributed by atoms with E-state index in [2.05, 4.69) is 6.92 Å². The summed E-state index contributed by atoms with van der Waals surface area (Å²) in [4.78, 5) is 0. The van der Waals surface area contributed by atoms with Gasteiger partial charge in [0.1, 0.15) is 0 Å². The zero-order valence-electron chi connectivity index (χ0n) is 11.6. The van der Waals surface area contributed by atoms with Crippen molar-refractivity contribution in [3.8, 4) is 17.2 Å². The molecular weight excluding hydrogens is 238 g/mol. The molecule has 2 aromatic carbocycles. The molecule has 2 aromatic rings. The van der Waals surface area contributed by atoms with E-state index in [1.807, 2.05) is 43.3 Å². The molecule has 0 radical (unpaired) electrons. The molecule has 0 aliphatic heterocycles. The lowest BCUT2D eigenvalue weighted by Gasteiger charge is -2.14. The van der Waals surface area contributed by atoms with Gasteiger partial charge in [-0.05, 0) is 42.7 Å². The third kappa shape index (κ3) is 2.81. The lowest BCUT2D eigenvalue weighted by Crippen LogP contribution is -1.97. The first-order valence-corrected chi connectivity index (χ1v) is 6.35. The maximum Gasteiger partial charge on any atom is 0.169 e. The van der Waals surface area contributed by atoms with E-state index in [0.717, 1.165) is 17.7 Å². The van der Waals surface area contributed by atoms with Crippen molar-refractivity contribution in [2.45, 2.75) is 20.3 Å². The predicted molar refractivity (Wildman–Crippen MR) is 78.0 cm³/mol. The van der Waals surface area contributed by atoms with Crippen LogP contribution in [0.1, 0.15) is 18.1 Å². The van der Waals surface area contributed by atoms with Crippen molar-refractivity contribution in [2.24, 2.45) is 0 Å². The molecule has 0 aromatic heterocycles. The molecule has 19 heavy (non-hydrogen) atoms. The minimum atomic E-state index is 0.627. The molecular formula is C16H19NO2. The Morgan fingerprint density at radius 2 is 1.89 bits per heavy atom. The largest absolute Gasteiger partial charge is 0.493 e. The predicted octanol–water partition coefficient (Wildman–Crippen LogP) is 3.94. The zero-order chi connectivity index (χ0) is 13.8. The van der Waals surface area contributed by atoms with E-state index in [-0.39, 0.29) is 0 Å². The van der Waals surface area contributed by atoms with Crippen LogP contribution in [0.2, 0.25) is 0 Å². The number of ether oxygens (including phenoxy) is 2. The fourth-order valence-corrected chi connectivity index (χ4v) is 1.94. The van der Waals surface area contributed by atoms with Crippen molar-refractivity contribution in [1.29, 1.82) is 0 Å². The van der Waals surface area contributed by atoms with Crippen LogP contribution in [-0.2, 0) is 6.42 Å². The number of benzene rings is 2. The van der Waals surface area contributed by atoms with Gasteiger partial charge in [-0.1, -0.05) is 25.1 Å². The van der Waals surface area contributed by atoms with Gasteiger partial charge < -0.3 is 15.2 Å². The number of para-hydroxylation sites is 1. The number of hydrogen-bond donors (Lipinski definition) is 1. The highest BCUT2D eigenvalue weighted by Gasteiger charge is 2.10. The van der Waals surface area contributed by atoms with Crippen LogP contribution in [0.5, 0.6) is 17.2 Å². The summed E-state index contributed by atoms with van der Waals surface area (Å²) in [6.07, 6.45) is 0.961. The topological polar surface area (TPSA) is 44.5 Å². The fraction of sp³-hybridized carbons (Fsp3) is 0.250. The minimum absolute atomic E-state index is 0.627. The van der Waals surface area contributed by atoms with Crippen molar-refractivity contribution in [3.05, 3.63) is 47.5 Å². The Hall–Kier alpha value is -2.16. The highest BCUT2D eigenvalue weighted by Crippen LogP contribution is 2.36. The number of methoxy groups -OCH3 is 1. The van der Waals surface area contributed by atoms with Crippen molar-refractivity contribution in [3.63, 3.8) is 0 Å². The van der Waals surface area contributed by atoms with Gasteiger partial charge in [-0.25, -0.2) is 0 Å². The summed E-state index contributed by atoms with van der Waals surface area (Å²) in [5, 5.41) is 0. The quantitative estimate of drug-likeness (QED) is 0.844. The number of hydrogen-bond acceptors (Lipinski definition) is 3. The SMILES string of the molecule is CCc1ccc(Oc2c(C)cccc2N)c(OC)c1. The highest BCUT2D eigenvalue weighted by atomic mass is 16.5. The molecule has 0 unspecified atom stereocenters. The Kier molecular flexibility index (Phi) is 3.95. The molecule has 0 atom stereocenters. The van der Waals surface area contributed by atoms with Crippen LogP contribution in [0.15, 0.2) is 36.4 Å². The first-order valence-electron chi connectivity index (χ1n) is 6.35. The third-order valence-corrected chi connectivity index (χ3v) is 3.09. The molecule has 0 fully saturated rings. The van der Waals surface area contributed by atoms with E-state index in [4.69, 9.17) is 15.2 Å². The average Bonchev–Trinajstić information content (AvgIpc) is 2.43. The number of anilines is 1. The molecule has 0 heterocycles. The smallest absolute Gasteiger partial charge is 0.169 e. The van der Waals surface area contributed by atoms with E-state index in [0.29, 0.717) is 17.2 Å². The second-order valence-corrected chi connectivity index (χ2v) is 4.43. The second kappa shape index (κ2) is 5.65. The van der Waals surface area contributed by atoms with Crippen LogP contribution >= 0.6 is 0 Å². The average molecular weight is 257 g/mol. The Bertz CT molecular complexity index is 559. The minimum Gasteiger partial charge on any atom is -0.493 e. The molecule has 0 amide bonds. The van der Waals surface area contributed by atoms with Gasteiger partial charge in [0, 0.05) is 0 Å². The third-order valence-electron chi connectivity index (χ3n) is 3.09. The van der Waals surface area contributed by atoms with E-state index in [9.17, 15) is 0 Å². The Morgan fingerprint density at radius 1 is 1.11 bits per heavy atom. The van der Waals surface area contributed by atoms with E-state index in [1.54, 1.807) is 7.11 Å². The summed E-state index contributed by atoms with van der Waals surface area (Å²) < 4.78 is 11.3. The first-order chi connectivity index (χ1) is 9.15. The van der Waals surface area contributed by atoms with Gasteiger partial charge in [-0.15, -0.1) is 0 Å². The number of nitrogens with two attached hydrogens (primary N) is 1. The van der Waals surface area contributed by atoms with Crippen LogP contribution in [0, 0.1) is 6.92 Å². The van der Waals surface area contributed by atoms with E-state index in [1.165, 1.54) is 5.56 Å². The normalized spacial score (nSPS) is 10.3. The molecule has 100 valence electrons. The summed E-state index contributed by atoms with van der Waals surface area (Å²) in [6.45, 7) is 4.08.